The van der Waals surface area contributed by atoms with Crippen LogP contribution in [-0.2, 0) is 13.0 Å². The van der Waals surface area contributed by atoms with Gasteiger partial charge in [-0.05, 0) is 29.7 Å². The van der Waals surface area contributed by atoms with Gasteiger partial charge in [0.2, 0.25) is 0 Å². The molecule has 154 valence electrons. The van der Waals surface area contributed by atoms with Crippen molar-refractivity contribution in [1.82, 2.24) is 15.1 Å². The van der Waals surface area contributed by atoms with Crippen molar-refractivity contribution in [3.63, 3.8) is 0 Å². The molecule has 0 aliphatic carbocycles. The maximum absolute atomic E-state index is 6.11. The summed E-state index contributed by atoms with van der Waals surface area (Å²) in [4.78, 5) is 9.40. The Balaban J connectivity index is 1.19. The van der Waals surface area contributed by atoms with Crippen LogP contribution in [0.2, 0.25) is 0 Å². The number of nitrogens with zero attached hydrogens (tertiary/aromatic N) is 3. The number of fused-ring (bicyclic) bond motifs is 1. The minimum absolute atomic E-state index is 0.292. The Morgan fingerprint density at radius 2 is 1.72 bits per heavy atom. The van der Waals surface area contributed by atoms with Gasteiger partial charge in [-0.25, -0.2) is 0 Å². The van der Waals surface area contributed by atoms with Crippen LogP contribution in [0.15, 0.2) is 59.6 Å². The minimum atomic E-state index is 0.292. The van der Waals surface area contributed by atoms with Crippen LogP contribution in [0.4, 0.5) is 0 Å². The van der Waals surface area contributed by atoms with Gasteiger partial charge in [0.1, 0.15) is 11.9 Å². The number of piperidine rings is 1. The number of para-hydroxylation sites is 1. The fraction of sp³-hybridized carbons (Fsp3) is 0.458. The van der Waals surface area contributed by atoms with Gasteiger partial charge in [0.25, 0.3) is 0 Å². The molecule has 2 aliphatic heterocycles. The van der Waals surface area contributed by atoms with E-state index in [0.717, 1.165) is 70.2 Å². The number of hydrogen-bond acceptors (Lipinski definition) is 3. The van der Waals surface area contributed by atoms with Gasteiger partial charge in [-0.2, -0.15) is 0 Å². The predicted octanol–water partition coefficient (Wildman–Crippen LogP) is 3.16. The molecular weight excluding hydrogens is 360 g/mol. The molecule has 2 aromatic rings. The van der Waals surface area contributed by atoms with Crippen molar-refractivity contribution in [1.29, 1.82) is 0 Å². The van der Waals surface area contributed by atoms with E-state index in [0.29, 0.717) is 6.10 Å². The summed E-state index contributed by atoms with van der Waals surface area (Å²) < 4.78 is 6.11. The molecule has 1 N–H and O–H groups in total. The summed E-state index contributed by atoms with van der Waals surface area (Å²) in [7, 11) is 1.88. The lowest BCUT2D eigenvalue weighted by molar-refractivity contribution is 0.129. The third kappa shape index (κ3) is 5.30. The summed E-state index contributed by atoms with van der Waals surface area (Å²) in [5.41, 5.74) is 2.98. The third-order valence-corrected chi connectivity index (χ3v) is 5.92. The lowest BCUT2D eigenvalue weighted by atomic mass is 10.00. The number of aliphatic imine (C=N–C) groups is 1. The van der Waals surface area contributed by atoms with E-state index in [1.165, 1.54) is 11.1 Å². The van der Waals surface area contributed by atoms with Crippen molar-refractivity contribution in [3.8, 4) is 5.75 Å². The van der Waals surface area contributed by atoms with Crippen LogP contribution < -0.4 is 10.1 Å². The first kappa shape index (κ1) is 19.8. The van der Waals surface area contributed by atoms with E-state index in [-0.39, 0.29) is 0 Å². The van der Waals surface area contributed by atoms with Crippen LogP contribution in [0.1, 0.15) is 24.0 Å². The van der Waals surface area contributed by atoms with Crippen LogP contribution in [0.25, 0.3) is 0 Å². The topological polar surface area (TPSA) is 40.1 Å². The highest BCUT2D eigenvalue weighted by atomic mass is 16.5. The molecule has 0 saturated carbocycles. The van der Waals surface area contributed by atoms with Crippen molar-refractivity contribution in [2.75, 3.05) is 39.8 Å². The molecule has 0 unspecified atom stereocenters. The maximum atomic E-state index is 6.11. The highest BCUT2D eigenvalue weighted by Crippen LogP contribution is 2.19. The Morgan fingerprint density at radius 3 is 2.48 bits per heavy atom. The number of nitrogens with one attached hydrogen (secondary N) is 1. The van der Waals surface area contributed by atoms with Gasteiger partial charge >= 0.3 is 0 Å². The van der Waals surface area contributed by atoms with E-state index in [2.05, 4.69) is 44.4 Å². The molecule has 5 nitrogen and oxygen atoms in total. The zero-order chi connectivity index (χ0) is 19.9. The van der Waals surface area contributed by atoms with Gasteiger partial charge in [-0.1, -0.05) is 42.5 Å². The van der Waals surface area contributed by atoms with E-state index in [1.807, 2.05) is 37.4 Å². The Bertz CT molecular complexity index is 800. The predicted molar refractivity (Wildman–Crippen MR) is 118 cm³/mol. The number of guanidine groups is 1. The van der Waals surface area contributed by atoms with Crippen molar-refractivity contribution in [2.24, 2.45) is 4.99 Å². The van der Waals surface area contributed by atoms with Crippen LogP contribution in [0.3, 0.4) is 0 Å². The van der Waals surface area contributed by atoms with Crippen molar-refractivity contribution >= 4 is 5.96 Å². The molecule has 5 heteroatoms. The smallest absolute Gasteiger partial charge is 0.193 e. The van der Waals surface area contributed by atoms with Gasteiger partial charge in [0, 0.05) is 59.2 Å². The van der Waals surface area contributed by atoms with Crippen LogP contribution in [-0.4, -0.2) is 61.6 Å². The molecule has 0 spiro atoms. The Hall–Kier alpha value is -2.53. The molecule has 4 rings (SSSR count). The molecule has 29 heavy (non-hydrogen) atoms. The molecule has 1 saturated heterocycles. The first-order chi connectivity index (χ1) is 14.3. The summed E-state index contributed by atoms with van der Waals surface area (Å²) in [5, 5.41) is 3.57. The van der Waals surface area contributed by atoms with Gasteiger partial charge in [0.15, 0.2) is 5.96 Å². The first-order valence-electron chi connectivity index (χ1n) is 10.8. The molecule has 0 radical (unpaired) electrons. The number of likely N-dealkylation sites (tertiary alicyclic amines) is 1. The van der Waals surface area contributed by atoms with Gasteiger partial charge < -0.3 is 15.0 Å². The summed E-state index contributed by atoms with van der Waals surface area (Å²) in [6.45, 7) is 6.12. The molecule has 2 aromatic carbocycles. The monoisotopic (exact) mass is 392 g/mol. The van der Waals surface area contributed by atoms with Crippen molar-refractivity contribution in [3.05, 3.63) is 65.7 Å². The normalized spacial score (nSPS) is 18.4. The zero-order valence-corrected chi connectivity index (χ0v) is 17.4. The molecule has 0 bridgehead atoms. The summed E-state index contributed by atoms with van der Waals surface area (Å²) in [6.07, 6.45) is 3.50. The molecule has 0 amide bonds. The fourth-order valence-corrected chi connectivity index (χ4v) is 4.28. The SMILES string of the molecule is CN=C(NCCN1CCc2ccccc2C1)N1CCC(Oc2ccccc2)CC1. The van der Waals surface area contributed by atoms with Crippen LogP contribution in [0, 0.1) is 0 Å². The average molecular weight is 393 g/mol. The van der Waals surface area contributed by atoms with Crippen LogP contribution >= 0.6 is 0 Å². The van der Waals surface area contributed by atoms with E-state index >= 15 is 0 Å². The van der Waals surface area contributed by atoms with E-state index in [4.69, 9.17) is 4.74 Å². The van der Waals surface area contributed by atoms with Gasteiger partial charge in [0.05, 0.1) is 0 Å². The zero-order valence-electron chi connectivity index (χ0n) is 17.4. The third-order valence-electron chi connectivity index (χ3n) is 5.92. The Labute approximate surface area is 174 Å². The number of hydrogen-bond donors (Lipinski definition) is 1. The molecule has 0 atom stereocenters. The van der Waals surface area contributed by atoms with E-state index < -0.39 is 0 Å². The largest absolute Gasteiger partial charge is 0.490 e. The number of rotatable bonds is 5. The quantitative estimate of drug-likeness (QED) is 0.627. The van der Waals surface area contributed by atoms with Crippen molar-refractivity contribution < 1.29 is 4.74 Å². The lowest BCUT2D eigenvalue weighted by Crippen LogP contribution is -2.49. The molecule has 2 heterocycles. The Kier molecular flexibility index (Phi) is 6.67. The van der Waals surface area contributed by atoms with Gasteiger partial charge in [-0.15, -0.1) is 0 Å². The standard InChI is InChI=1S/C24H32N4O/c1-25-24(26-14-18-27-15-11-20-7-5-6-8-21(20)19-27)28-16-12-23(13-17-28)29-22-9-3-2-4-10-22/h2-10,23H,11-19H2,1H3,(H,25,26). The van der Waals surface area contributed by atoms with Crippen molar-refractivity contribution in [2.45, 2.75) is 31.9 Å². The van der Waals surface area contributed by atoms with Gasteiger partial charge in [-0.3, -0.25) is 9.89 Å². The Morgan fingerprint density at radius 1 is 1.00 bits per heavy atom. The molecule has 2 aliphatic rings. The molecule has 1 fully saturated rings. The summed E-state index contributed by atoms with van der Waals surface area (Å²) in [6, 6.07) is 19.0. The number of benzene rings is 2. The first-order valence-corrected chi connectivity index (χ1v) is 10.8. The molecular formula is C24H32N4O. The highest BCUT2D eigenvalue weighted by molar-refractivity contribution is 5.79. The van der Waals surface area contributed by atoms with E-state index in [1.54, 1.807) is 0 Å². The number of ether oxygens (including phenoxy) is 1. The fourth-order valence-electron chi connectivity index (χ4n) is 4.28. The second kappa shape index (κ2) is 9.79. The second-order valence-corrected chi connectivity index (χ2v) is 7.89. The summed E-state index contributed by atoms with van der Waals surface area (Å²) >= 11 is 0. The summed E-state index contributed by atoms with van der Waals surface area (Å²) in [5.74, 6) is 1.98. The minimum Gasteiger partial charge on any atom is -0.490 e. The average Bonchev–Trinajstić information content (AvgIpc) is 2.78. The second-order valence-electron chi connectivity index (χ2n) is 7.89. The van der Waals surface area contributed by atoms with Crippen LogP contribution in [0.5, 0.6) is 5.75 Å². The van der Waals surface area contributed by atoms with E-state index in [9.17, 15) is 0 Å². The highest BCUT2D eigenvalue weighted by Gasteiger charge is 2.23. The lowest BCUT2D eigenvalue weighted by Gasteiger charge is -2.35. The maximum Gasteiger partial charge on any atom is 0.193 e. The molecule has 0 aromatic heterocycles.